The van der Waals surface area contributed by atoms with Gasteiger partial charge in [0.2, 0.25) is 0 Å². The summed E-state index contributed by atoms with van der Waals surface area (Å²) in [5, 5.41) is 8.92. The van der Waals surface area contributed by atoms with E-state index in [1.807, 2.05) is 0 Å². The Balaban J connectivity index is 1.61. The summed E-state index contributed by atoms with van der Waals surface area (Å²) in [7, 11) is 0. The van der Waals surface area contributed by atoms with Crippen LogP contribution in [0, 0.1) is 35.0 Å². The molecule has 0 aromatic heterocycles. The van der Waals surface area contributed by atoms with Crippen molar-refractivity contribution in [2.75, 3.05) is 0 Å². The van der Waals surface area contributed by atoms with Crippen molar-refractivity contribution in [1.82, 2.24) is 0 Å². The molecule has 0 amide bonds. The Bertz CT molecular complexity index is 309. The molecule has 2 rings (SSSR count). The van der Waals surface area contributed by atoms with Crippen molar-refractivity contribution in [3.63, 3.8) is 0 Å². The molecule has 0 saturated heterocycles. The molecule has 1 heteroatoms. The molecule has 0 N–H and O–H groups in total. The van der Waals surface area contributed by atoms with Gasteiger partial charge in [0, 0.05) is 5.92 Å². The molecule has 0 heterocycles. The van der Waals surface area contributed by atoms with Gasteiger partial charge in [-0.2, -0.15) is 5.26 Å². The maximum Gasteiger partial charge on any atom is 0.0655 e. The molecule has 0 aliphatic heterocycles. The molecule has 0 bridgehead atoms. The molecule has 19 heavy (non-hydrogen) atoms. The minimum absolute atomic E-state index is 0.368. The van der Waals surface area contributed by atoms with Crippen LogP contribution in [0.2, 0.25) is 0 Å². The molecule has 1 nitrogen and oxygen atoms in total. The summed E-state index contributed by atoms with van der Waals surface area (Å²) < 4.78 is 0. The molecule has 0 atom stereocenters. The van der Waals surface area contributed by atoms with E-state index in [0.717, 1.165) is 30.6 Å². The Morgan fingerprint density at radius 1 is 0.895 bits per heavy atom. The summed E-state index contributed by atoms with van der Waals surface area (Å²) in [6.45, 7) is 2.14. The molecule has 0 radical (unpaired) electrons. The number of rotatable bonds is 4. The second-order valence-corrected chi connectivity index (χ2v) is 6.73. The Morgan fingerprint density at radius 3 is 1.89 bits per heavy atom. The molecular weight excluding hydrogens is 230 g/mol. The van der Waals surface area contributed by atoms with Gasteiger partial charge >= 0.3 is 0 Å². The summed E-state index contributed by atoms with van der Waals surface area (Å²) in [6.07, 6.45) is 18.2. The zero-order valence-electron chi connectivity index (χ0n) is 12.5. The fourth-order valence-corrected chi connectivity index (χ4v) is 3.99. The van der Waals surface area contributed by atoms with Gasteiger partial charge in [0.05, 0.1) is 6.07 Å². The summed E-state index contributed by atoms with van der Waals surface area (Å²) in [5.74, 6) is 3.16. The van der Waals surface area contributed by atoms with Crippen LogP contribution in [-0.2, 0) is 0 Å². The third-order valence-electron chi connectivity index (χ3n) is 5.37. The highest BCUT2D eigenvalue weighted by Gasteiger charge is 2.23. The van der Waals surface area contributed by atoms with Crippen molar-refractivity contribution in [2.24, 2.45) is 23.7 Å². The fraction of sp³-hybridized carbons (Fsp3) is 0.833. The average Bonchev–Trinajstić information content (AvgIpc) is 2.47. The van der Waals surface area contributed by atoms with Crippen LogP contribution in [0.1, 0.15) is 71.1 Å². The van der Waals surface area contributed by atoms with Gasteiger partial charge in [0.1, 0.15) is 0 Å². The van der Waals surface area contributed by atoms with Gasteiger partial charge in [-0.1, -0.05) is 25.0 Å². The molecule has 2 aliphatic carbocycles. The normalized spacial score (nSPS) is 36.2. The minimum atomic E-state index is 0.368. The molecule has 2 saturated carbocycles. The standard InChI is InChI=1S/C18H29N/c1-2-3-15-4-6-16(7-5-15)8-9-17-10-12-18(14-19)13-11-17/h2-3,15-18H,4-13H2,1H3/t15-,16-,17-,18-. The lowest BCUT2D eigenvalue weighted by Crippen LogP contribution is -2.17. The van der Waals surface area contributed by atoms with Crippen LogP contribution in [0.5, 0.6) is 0 Å². The first-order valence-corrected chi connectivity index (χ1v) is 8.34. The maximum atomic E-state index is 8.92. The van der Waals surface area contributed by atoms with Crippen LogP contribution >= 0.6 is 0 Å². The van der Waals surface area contributed by atoms with E-state index in [9.17, 15) is 0 Å². The first kappa shape index (κ1) is 14.6. The van der Waals surface area contributed by atoms with Crippen LogP contribution in [0.4, 0.5) is 0 Å². The van der Waals surface area contributed by atoms with Gasteiger partial charge in [-0.25, -0.2) is 0 Å². The zero-order valence-corrected chi connectivity index (χ0v) is 12.5. The first-order valence-electron chi connectivity index (χ1n) is 8.34. The quantitative estimate of drug-likeness (QED) is 0.613. The van der Waals surface area contributed by atoms with Crippen molar-refractivity contribution in [1.29, 1.82) is 5.26 Å². The average molecular weight is 259 g/mol. The molecule has 2 aliphatic rings. The molecule has 0 spiro atoms. The predicted octanol–water partition coefficient (Wildman–Crippen LogP) is 5.48. The van der Waals surface area contributed by atoms with E-state index < -0.39 is 0 Å². The lowest BCUT2D eigenvalue weighted by atomic mass is 9.76. The van der Waals surface area contributed by atoms with E-state index in [2.05, 4.69) is 25.1 Å². The lowest BCUT2D eigenvalue weighted by molar-refractivity contribution is 0.242. The largest absolute Gasteiger partial charge is 0.198 e. The third-order valence-corrected chi connectivity index (χ3v) is 5.37. The number of allylic oxidation sites excluding steroid dienone is 2. The van der Waals surface area contributed by atoms with E-state index >= 15 is 0 Å². The zero-order chi connectivity index (χ0) is 13.5. The van der Waals surface area contributed by atoms with E-state index in [1.165, 1.54) is 51.4 Å². The maximum absolute atomic E-state index is 8.92. The number of nitriles is 1. The van der Waals surface area contributed by atoms with Crippen LogP contribution in [0.3, 0.4) is 0 Å². The third kappa shape index (κ3) is 4.68. The van der Waals surface area contributed by atoms with E-state index in [4.69, 9.17) is 5.26 Å². The second kappa shape index (κ2) is 7.73. The van der Waals surface area contributed by atoms with Crippen molar-refractivity contribution < 1.29 is 0 Å². The molecular formula is C18H29N. The SMILES string of the molecule is CC=C[C@H]1CC[C@H](CC[C@H]2CC[C@H](C#N)CC2)CC1. The number of nitrogens with zero attached hydrogens (tertiary/aromatic N) is 1. The van der Waals surface area contributed by atoms with Crippen molar-refractivity contribution >= 4 is 0 Å². The van der Waals surface area contributed by atoms with Crippen LogP contribution < -0.4 is 0 Å². The smallest absolute Gasteiger partial charge is 0.0655 e. The Labute approximate surface area is 119 Å². The Morgan fingerprint density at radius 2 is 1.42 bits per heavy atom. The fourth-order valence-electron chi connectivity index (χ4n) is 3.99. The van der Waals surface area contributed by atoms with E-state index in [-0.39, 0.29) is 0 Å². The number of hydrogen-bond donors (Lipinski definition) is 0. The van der Waals surface area contributed by atoms with Gasteiger partial charge in [0.25, 0.3) is 0 Å². The van der Waals surface area contributed by atoms with Crippen LogP contribution in [-0.4, -0.2) is 0 Å². The molecule has 0 aromatic rings. The monoisotopic (exact) mass is 259 g/mol. The molecule has 2 fully saturated rings. The molecule has 106 valence electrons. The van der Waals surface area contributed by atoms with Crippen molar-refractivity contribution in [2.45, 2.75) is 71.1 Å². The summed E-state index contributed by atoms with van der Waals surface area (Å²) in [6, 6.07) is 2.44. The highest BCUT2D eigenvalue weighted by molar-refractivity contribution is 4.89. The first-order chi connectivity index (χ1) is 9.31. The lowest BCUT2D eigenvalue weighted by Gasteiger charge is -2.30. The van der Waals surface area contributed by atoms with E-state index in [1.54, 1.807) is 0 Å². The molecule has 0 unspecified atom stereocenters. The van der Waals surface area contributed by atoms with Crippen molar-refractivity contribution in [3.8, 4) is 6.07 Å². The van der Waals surface area contributed by atoms with Gasteiger partial charge < -0.3 is 0 Å². The van der Waals surface area contributed by atoms with Gasteiger partial charge in [-0.3, -0.25) is 0 Å². The second-order valence-electron chi connectivity index (χ2n) is 6.73. The summed E-state index contributed by atoms with van der Waals surface area (Å²) in [4.78, 5) is 0. The van der Waals surface area contributed by atoms with Gasteiger partial charge in [0.15, 0.2) is 0 Å². The predicted molar refractivity (Wildman–Crippen MR) is 80.6 cm³/mol. The highest BCUT2D eigenvalue weighted by atomic mass is 14.3. The Kier molecular flexibility index (Phi) is 5.95. The molecule has 0 aromatic carbocycles. The van der Waals surface area contributed by atoms with E-state index in [0.29, 0.717) is 5.92 Å². The van der Waals surface area contributed by atoms with Gasteiger partial charge in [-0.05, 0) is 76.0 Å². The summed E-state index contributed by atoms with van der Waals surface area (Å²) in [5.41, 5.74) is 0. The Hall–Kier alpha value is -0.770. The number of hydrogen-bond acceptors (Lipinski definition) is 1. The van der Waals surface area contributed by atoms with Gasteiger partial charge in [-0.15, -0.1) is 0 Å². The van der Waals surface area contributed by atoms with Crippen LogP contribution in [0.25, 0.3) is 0 Å². The van der Waals surface area contributed by atoms with Crippen molar-refractivity contribution in [3.05, 3.63) is 12.2 Å². The summed E-state index contributed by atoms with van der Waals surface area (Å²) >= 11 is 0. The topological polar surface area (TPSA) is 23.8 Å². The van der Waals surface area contributed by atoms with Crippen LogP contribution in [0.15, 0.2) is 12.2 Å². The minimum Gasteiger partial charge on any atom is -0.198 e. The highest BCUT2D eigenvalue weighted by Crippen LogP contribution is 2.36.